The molecule has 0 aromatic heterocycles. The lowest BCUT2D eigenvalue weighted by Crippen LogP contribution is -2.41. The van der Waals surface area contributed by atoms with E-state index in [1.54, 1.807) is 0 Å². The molecule has 5 nitrogen and oxygen atoms in total. The number of nitrogens with zero attached hydrogens (tertiary/aromatic N) is 1. The second-order valence-electron chi connectivity index (χ2n) is 5.84. The zero-order valence-electron chi connectivity index (χ0n) is 11.9. The molecule has 1 aliphatic heterocycles. The van der Waals surface area contributed by atoms with Crippen LogP contribution in [0.3, 0.4) is 0 Å². The summed E-state index contributed by atoms with van der Waals surface area (Å²) in [5, 5.41) is 3.34. The Morgan fingerprint density at radius 1 is 1.26 bits per heavy atom. The third kappa shape index (κ3) is 5.77. The highest BCUT2D eigenvalue weighted by Gasteiger charge is 2.21. The van der Waals surface area contributed by atoms with Gasteiger partial charge in [0.1, 0.15) is 0 Å². The number of hydrogen-bond acceptors (Lipinski definition) is 4. The van der Waals surface area contributed by atoms with Crippen LogP contribution in [0.4, 0.5) is 0 Å². The zero-order chi connectivity index (χ0) is 13.7. The molecule has 19 heavy (non-hydrogen) atoms. The normalized spacial score (nSPS) is 22.8. The molecule has 1 saturated carbocycles. The Balaban J connectivity index is 1.58. The van der Waals surface area contributed by atoms with Gasteiger partial charge in [-0.25, -0.2) is 13.1 Å². The third-order valence-corrected chi connectivity index (χ3v) is 5.40. The number of likely N-dealkylation sites (tertiary alicyclic amines) is 1. The van der Waals surface area contributed by atoms with E-state index in [1.165, 1.54) is 25.7 Å². The van der Waals surface area contributed by atoms with Crippen molar-refractivity contribution < 1.29 is 8.42 Å². The molecule has 0 aromatic rings. The van der Waals surface area contributed by atoms with Gasteiger partial charge in [-0.2, -0.15) is 0 Å². The van der Waals surface area contributed by atoms with Crippen molar-refractivity contribution in [1.82, 2.24) is 14.9 Å². The molecule has 1 atom stereocenters. The van der Waals surface area contributed by atoms with Crippen LogP contribution >= 0.6 is 0 Å². The van der Waals surface area contributed by atoms with Gasteiger partial charge >= 0.3 is 0 Å². The molecule has 1 heterocycles. The van der Waals surface area contributed by atoms with Crippen LogP contribution in [-0.2, 0) is 10.0 Å². The van der Waals surface area contributed by atoms with Crippen LogP contribution in [0.5, 0.6) is 0 Å². The fourth-order valence-electron chi connectivity index (χ4n) is 2.49. The summed E-state index contributed by atoms with van der Waals surface area (Å²) in [6.45, 7) is 5.66. The van der Waals surface area contributed by atoms with Gasteiger partial charge in [0, 0.05) is 18.6 Å². The van der Waals surface area contributed by atoms with Gasteiger partial charge in [-0.3, -0.25) is 4.90 Å². The van der Waals surface area contributed by atoms with Gasteiger partial charge in [0.05, 0.1) is 5.75 Å². The van der Waals surface area contributed by atoms with E-state index in [9.17, 15) is 8.42 Å². The molecule has 1 saturated heterocycles. The first kappa shape index (κ1) is 15.2. The van der Waals surface area contributed by atoms with Crippen molar-refractivity contribution in [2.75, 3.05) is 31.9 Å². The summed E-state index contributed by atoms with van der Waals surface area (Å²) in [4.78, 5) is 2.36. The predicted octanol–water partition coefficient (Wildman–Crippen LogP) is 0.532. The van der Waals surface area contributed by atoms with Crippen LogP contribution in [0.2, 0.25) is 0 Å². The van der Waals surface area contributed by atoms with Crippen molar-refractivity contribution in [2.45, 2.75) is 51.1 Å². The van der Waals surface area contributed by atoms with E-state index < -0.39 is 10.0 Å². The number of nitrogens with one attached hydrogen (secondary N) is 2. The van der Waals surface area contributed by atoms with Crippen molar-refractivity contribution in [1.29, 1.82) is 0 Å². The maximum absolute atomic E-state index is 11.9. The van der Waals surface area contributed by atoms with Crippen molar-refractivity contribution in [3.8, 4) is 0 Å². The monoisotopic (exact) mass is 289 g/mol. The fraction of sp³-hybridized carbons (Fsp3) is 1.00. The second kappa shape index (κ2) is 7.02. The lowest BCUT2D eigenvalue weighted by atomic mass is 10.3. The molecule has 2 fully saturated rings. The minimum absolute atomic E-state index is 0.236. The van der Waals surface area contributed by atoms with Gasteiger partial charge in [-0.15, -0.1) is 0 Å². The van der Waals surface area contributed by atoms with Gasteiger partial charge < -0.3 is 5.32 Å². The maximum Gasteiger partial charge on any atom is 0.211 e. The Morgan fingerprint density at radius 3 is 2.58 bits per heavy atom. The number of hydrogen-bond donors (Lipinski definition) is 2. The van der Waals surface area contributed by atoms with Crippen LogP contribution in [0.25, 0.3) is 0 Å². The molecular weight excluding hydrogens is 262 g/mol. The van der Waals surface area contributed by atoms with E-state index in [-0.39, 0.29) is 5.75 Å². The van der Waals surface area contributed by atoms with E-state index in [1.807, 2.05) is 0 Å². The van der Waals surface area contributed by atoms with E-state index in [0.29, 0.717) is 25.0 Å². The highest BCUT2D eigenvalue weighted by Crippen LogP contribution is 2.18. The molecule has 6 heteroatoms. The molecular formula is C13H27N3O2S. The topological polar surface area (TPSA) is 61.4 Å². The standard InChI is InChI=1S/C13H27N3O2S/c1-12(16-8-2-3-9-16)11-15-19(17,18)10-4-7-14-13-5-6-13/h12-15H,2-11H2,1H3. The average Bonchev–Trinajstić information content (AvgIpc) is 3.03. The molecule has 0 spiro atoms. The van der Waals surface area contributed by atoms with Gasteiger partial charge in [-0.05, 0) is 58.7 Å². The van der Waals surface area contributed by atoms with Crippen molar-refractivity contribution in [2.24, 2.45) is 0 Å². The summed E-state index contributed by atoms with van der Waals surface area (Å²) in [5.74, 6) is 0.236. The molecule has 112 valence electrons. The largest absolute Gasteiger partial charge is 0.314 e. The highest BCUT2D eigenvalue weighted by molar-refractivity contribution is 7.89. The van der Waals surface area contributed by atoms with Crippen molar-refractivity contribution in [3.05, 3.63) is 0 Å². The molecule has 1 aliphatic carbocycles. The zero-order valence-corrected chi connectivity index (χ0v) is 12.7. The lowest BCUT2D eigenvalue weighted by Gasteiger charge is -2.23. The van der Waals surface area contributed by atoms with Crippen LogP contribution in [0.15, 0.2) is 0 Å². The summed E-state index contributed by atoms with van der Waals surface area (Å²) in [6.07, 6.45) is 5.68. The molecule has 0 bridgehead atoms. The second-order valence-corrected chi connectivity index (χ2v) is 7.77. The average molecular weight is 289 g/mol. The van der Waals surface area contributed by atoms with E-state index in [2.05, 4.69) is 21.9 Å². The Hall–Kier alpha value is -0.170. The first-order valence-corrected chi connectivity index (χ1v) is 9.17. The minimum Gasteiger partial charge on any atom is -0.314 e. The first-order valence-electron chi connectivity index (χ1n) is 7.51. The van der Waals surface area contributed by atoms with Crippen LogP contribution in [0, 0.1) is 0 Å². The maximum atomic E-state index is 11.9. The molecule has 2 N–H and O–H groups in total. The molecule has 0 radical (unpaired) electrons. The van der Waals surface area contributed by atoms with Crippen LogP contribution in [-0.4, -0.2) is 57.3 Å². The molecule has 2 aliphatic rings. The van der Waals surface area contributed by atoms with Crippen molar-refractivity contribution in [3.63, 3.8) is 0 Å². The number of sulfonamides is 1. The summed E-state index contributed by atoms with van der Waals surface area (Å²) in [5.41, 5.74) is 0. The van der Waals surface area contributed by atoms with Crippen LogP contribution < -0.4 is 10.0 Å². The van der Waals surface area contributed by atoms with E-state index >= 15 is 0 Å². The third-order valence-electron chi connectivity index (χ3n) is 3.96. The van der Waals surface area contributed by atoms with Gasteiger partial charge in [-0.1, -0.05) is 0 Å². The summed E-state index contributed by atoms with van der Waals surface area (Å²) < 4.78 is 26.4. The summed E-state index contributed by atoms with van der Waals surface area (Å²) in [6, 6.07) is 0.965. The fourth-order valence-corrected chi connectivity index (χ4v) is 3.65. The van der Waals surface area contributed by atoms with E-state index in [4.69, 9.17) is 0 Å². The lowest BCUT2D eigenvalue weighted by molar-refractivity contribution is 0.260. The Kier molecular flexibility index (Phi) is 5.62. The van der Waals surface area contributed by atoms with Crippen LogP contribution in [0.1, 0.15) is 39.0 Å². The molecule has 2 rings (SSSR count). The quantitative estimate of drug-likeness (QED) is 0.608. The predicted molar refractivity (Wildman–Crippen MR) is 77.7 cm³/mol. The van der Waals surface area contributed by atoms with Gasteiger partial charge in [0.25, 0.3) is 0 Å². The smallest absolute Gasteiger partial charge is 0.211 e. The highest BCUT2D eigenvalue weighted by atomic mass is 32.2. The first-order chi connectivity index (χ1) is 9.07. The van der Waals surface area contributed by atoms with E-state index in [0.717, 1.165) is 19.6 Å². The Bertz CT molecular complexity index is 362. The summed E-state index contributed by atoms with van der Waals surface area (Å²) >= 11 is 0. The minimum atomic E-state index is -3.10. The van der Waals surface area contributed by atoms with Gasteiger partial charge in [0.2, 0.25) is 10.0 Å². The molecule has 0 amide bonds. The Labute approximate surface area is 117 Å². The Morgan fingerprint density at radius 2 is 1.95 bits per heavy atom. The molecule has 1 unspecified atom stereocenters. The van der Waals surface area contributed by atoms with Crippen molar-refractivity contribution >= 4 is 10.0 Å². The SMILES string of the molecule is CC(CNS(=O)(=O)CCCNC1CC1)N1CCCC1. The molecule has 0 aromatic carbocycles. The number of rotatable bonds is 9. The van der Waals surface area contributed by atoms with Gasteiger partial charge in [0.15, 0.2) is 0 Å². The summed E-state index contributed by atoms with van der Waals surface area (Å²) in [7, 11) is -3.10.